The van der Waals surface area contributed by atoms with Crippen LogP contribution in [0.25, 0.3) is 0 Å². The number of amides is 2. The van der Waals surface area contributed by atoms with E-state index in [9.17, 15) is 14.7 Å². The Balaban J connectivity index is 3.95. The number of carbonyl (C=O) groups is 2. The van der Waals surface area contributed by atoms with Crippen LogP contribution in [0.3, 0.4) is 0 Å². The van der Waals surface area contributed by atoms with Gasteiger partial charge in [-0.15, -0.1) is 0 Å². The fraction of sp³-hybridized carbons (Fsp3) is 0.818. The number of rotatable bonds is 6. The number of hydrogen-bond acceptors (Lipinski definition) is 3. The predicted molar refractivity (Wildman–Crippen MR) is 61.8 cm³/mol. The molecule has 16 heavy (non-hydrogen) atoms. The molecule has 0 saturated carbocycles. The van der Waals surface area contributed by atoms with Crippen molar-refractivity contribution in [3.63, 3.8) is 0 Å². The molecule has 0 aliphatic carbocycles. The molecule has 0 radical (unpaired) electrons. The normalized spacial score (nSPS) is 16.1. The molecule has 0 bridgehead atoms. The molecule has 0 saturated heterocycles. The van der Waals surface area contributed by atoms with Crippen molar-refractivity contribution in [3.05, 3.63) is 0 Å². The van der Waals surface area contributed by atoms with Crippen LogP contribution < -0.4 is 10.6 Å². The minimum Gasteiger partial charge on any atom is -0.388 e. The molecule has 0 aliphatic rings. The summed E-state index contributed by atoms with van der Waals surface area (Å²) < 4.78 is 0. The zero-order valence-corrected chi connectivity index (χ0v) is 10.5. The smallest absolute Gasteiger partial charge is 0.239 e. The Kier molecular flexibility index (Phi) is 6.03. The molecule has 2 unspecified atom stereocenters. The Bertz CT molecular complexity index is 252. The van der Waals surface area contributed by atoms with E-state index in [1.807, 2.05) is 13.8 Å². The van der Waals surface area contributed by atoms with Crippen LogP contribution in [-0.4, -0.2) is 35.6 Å². The van der Waals surface area contributed by atoms with E-state index in [-0.39, 0.29) is 30.8 Å². The fourth-order valence-electron chi connectivity index (χ4n) is 1.16. The van der Waals surface area contributed by atoms with Gasteiger partial charge in [-0.25, -0.2) is 0 Å². The van der Waals surface area contributed by atoms with Gasteiger partial charge in [0.15, 0.2) is 0 Å². The summed E-state index contributed by atoms with van der Waals surface area (Å²) in [5.41, 5.74) is -0.916. The first kappa shape index (κ1) is 14.9. The average molecular weight is 230 g/mol. The minimum absolute atomic E-state index is 0.0497. The van der Waals surface area contributed by atoms with E-state index < -0.39 is 5.60 Å². The van der Waals surface area contributed by atoms with E-state index in [1.54, 1.807) is 6.92 Å². The van der Waals surface area contributed by atoms with Gasteiger partial charge in [0.1, 0.15) is 0 Å². The molecule has 0 aliphatic heterocycles. The summed E-state index contributed by atoms with van der Waals surface area (Å²) in [6, 6.07) is 0. The lowest BCUT2D eigenvalue weighted by atomic mass is 9.89. The van der Waals surface area contributed by atoms with Gasteiger partial charge in [-0.2, -0.15) is 0 Å². The maximum absolute atomic E-state index is 11.3. The third-order valence-corrected chi connectivity index (χ3v) is 2.82. The molecule has 0 spiro atoms. The summed E-state index contributed by atoms with van der Waals surface area (Å²) in [5, 5.41) is 15.0. The predicted octanol–water partition coefficient (Wildman–Crippen LogP) is 0.0358. The van der Waals surface area contributed by atoms with Crippen LogP contribution in [0.1, 0.15) is 34.1 Å². The molecule has 0 heterocycles. The van der Waals surface area contributed by atoms with Crippen LogP contribution >= 0.6 is 0 Å². The highest BCUT2D eigenvalue weighted by molar-refractivity contribution is 5.83. The van der Waals surface area contributed by atoms with Crippen molar-refractivity contribution < 1.29 is 14.7 Å². The van der Waals surface area contributed by atoms with E-state index in [0.29, 0.717) is 0 Å². The van der Waals surface area contributed by atoms with Crippen molar-refractivity contribution in [2.45, 2.75) is 39.7 Å². The van der Waals surface area contributed by atoms with Gasteiger partial charge in [-0.05, 0) is 12.8 Å². The van der Waals surface area contributed by atoms with Gasteiger partial charge in [0.2, 0.25) is 11.8 Å². The number of aliphatic hydroxyl groups is 1. The Morgan fingerprint density at radius 3 is 2.38 bits per heavy atom. The van der Waals surface area contributed by atoms with Crippen LogP contribution in [0.2, 0.25) is 0 Å². The van der Waals surface area contributed by atoms with Crippen molar-refractivity contribution in [2.75, 3.05) is 13.1 Å². The number of hydrogen-bond donors (Lipinski definition) is 3. The maximum atomic E-state index is 11.3. The van der Waals surface area contributed by atoms with Crippen LogP contribution in [-0.2, 0) is 9.59 Å². The molecule has 5 nitrogen and oxygen atoms in total. The molecule has 0 aromatic heterocycles. The third-order valence-electron chi connectivity index (χ3n) is 2.82. The zero-order valence-electron chi connectivity index (χ0n) is 10.5. The molecule has 0 rings (SSSR count). The molecule has 2 amide bonds. The molecule has 0 aromatic carbocycles. The Labute approximate surface area is 96.6 Å². The summed E-state index contributed by atoms with van der Waals surface area (Å²) in [6.45, 7) is 7.10. The summed E-state index contributed by atoms with van der Waals surface area (Å²) in [6.07, 6.45) is 0.842. The van der Waals surface area contributed by atoms with E-state index in [4.69, 9.17) is 0 Å². The van der Waals surface area contributed by atoms with Gasteiger partial charge in [0, 0.05) is 13.5 Å². The maximum Gasteiger partial charge on any atom is 0.239 e. The van der Waals surface area contributed by atoms with Crippen molar-refractivity contribution in [1.82, 2.24) is 10.6 Å². The third kappa shape index (κ3) is 5.70. The first-order valence-electron chi connectivity index (χ1n) is 5.53. The van der Waals surface area contributed by atoms with E-state index in [0.717, 1.165) is 6.42 Å². The lowest BCUT2D eigenvalue weighted by molar-refractivity contribution is -0.125. The van der Waals surface area contributed by atoms with E-state index in [2.05, 4.69) is 10.6 Å². The Hall–Kier alpha value is -1.10. The molecular weight excluding hydrogens is 208 g/mol. The molecule has 2 atom stereocenters. The van der Waals surface area contributed by atoms with Gasteiger partial charge in [-0.1, -0.05) is 20.3 Å². The van der Waals surface area contributed by atoms with Gasteiger partial charge < -0.3 is 15.7 Å². The standard InChI is InChI=1S/C11H22N2O3/c1-5-8(2)11(4,16)7-13-10(15)6-12-9(3)14/h8,16H,5-7H2,1-4H3,(H,12,14)(H,13,15). The second kappa shape index (κ2) is 6.48. The molecule has 0 fully saturated rings. The van der Waals surface area contributed by atoms with Gasteiger partial charge >= 0.3 is 0 Å². The fourth-order valence-corrected chi connectivity index (χ4v) is 1.16. The topological polar surface area (TPSA) is 78.4 Å². The molecule has 5 heteroatoms. The number of nitrogens with one attached hydrogen (secondary N) is 2. The lowest BCUT2D eigenvalue weighted by Crippen LogP contribution is -2.47. The van der Waals surface area contributed by atoms with Gasteiger partial charge in [0.05, 0.1) is 12.1 Å². The minimum atomic E-state index is -0.916. The van der Waals surface area contributed by atoms with E-state index >= 15 is 0 Å². The SMILES string of the molecule is CCC(C)C(C)(O)CNC(=O)CNC(C)=O. The van der Waals surface area contributed by atoms with Gasteiger partial charge in [-0.3, -0.25) is 9.59 Å². The van der Waals surface area contributed by atoms with Crippen LogP contribution in [0.4, 0.5) is 0 Å². The highest BCUT2D eigenvalue weighted by Gasteiger charge is 2.27. The summed E-state index contributed by atoms with van der Waals surface area (Å²) in [4.78, 5) is 21.8. The van der Waals surface area contributed by atoms with Crippen LogP contribution in [0, 0.1) is 5.92 Å². The molecule has 0 aromatic rings. The van der Waals surface area contributed by atoms with Crippen molar-refractivity contribution in [2.24, 2.45) is 5.92 Å². The van der Waals surface area contributed by atoms with Crippen molar-refractivity contribution in [3.8, 4) is 0 Å². The monoisotopic (exact) mass is 230 g/mol. The highest BCUT2D eigenvalue weighted by Crippen LogP contribution is 2.18. The largest absolute Gasteiger partial charge is 0.388 e. The molecule has 94 valence electrons. The number of carbonyl (C=O) groups excluding carboxylic acids is 2. The molecule has 3 N–H and O–H groups in total. The quantitative estimate of drug-likeness (QED) is 0.602. The Morgan fingerprint density at radius 1 is 1.38 bits per heavy atom. The molecular formula is C11H22N2O3. The average Bonchev–Trinajstić information content (AvgIpc) is 2.22. The first-order chi connectivity index (χ1) is 7.29. The lowest BCUT2D eigenvalue weighted by Gasteiger charge is -2.29. The van der Waals surface area contributed by atoms with Crippen molar-refractivity contribution >= 4 is 11.8 Å². The van der Waals surface area contributed by atoms with Crippen molar-refractivity contribution in [1.29, 1.82) is 0 Å². The first-order valence-corrected chi connectivity index (χ1v) is 5.53. The van der Waals surface area contributed by atoms with E-state index in [1.165, 1.54) is 6.92 Å². The summed E-state index contributed by atoms with van der Waals surface area (Å²) in [7, 11) is 0. The summed E-state index contributed by atoms with van der Waals surface area (Å²) >= 11 is 0. The highest BCUT2D eigenvalue weighted by atomic mass is 16.3. The Morgan fingerprint density at radius 2 is 1.94 bits per heavy atom. The van der Waals surface area contributed by atoms with Crippen LogP contribution in [0.5, 0.6) is 0 Å². The zero-order chi connectivity index (χ0) is 12.8. The van der Waals surface area contributed by atoms with Crippen LogP contribution in [0.15, 0.2) is 0 Å². The second-order valence-electron chi connectivity index (χ2n) is 4.35. The second-order valence-corrected chi connectivity index (χ2v) is 4.35. The summed E-state index contributed by atoms with van der Waals surface area (Å²) in [5.74, 6) is -0.434. The van der Waals surface area contributed by atoms with Gasteiger partial charge in [0.25, 0.3) is 0 Å².